The molecule has 1 aromatic carbocycles. The zero-order chi connectivity index (χ0) is 14.5. The highest BCUT2D eigenvalue weighted by atomic mass is 32.1. The lowest BCUT2D eigenvalue weighted by Crippen LogP contribution is -2.12. The van der Waals surface area contributed by atoms with Gasteiger partial charge in [-0.2, -0.15) is 0 Å². The first-order chi connectivity index (χ1) is 10.3. The Kier molecular flexibility index (Phi) is 4.65. The van der Waals surface area contributed by atoms with Gasteiger partial charge in [0.25, 0.3) is 0 Å². The van der Waals surface area contributed by atoms with Crippen LogP contribution in [0.25, 0.3) is 0 Å². The van der Waals surface area contributed by atoms with Gasteiger partial charge in [-0.1, -0.05) is 18.2 Å². The highest BCUT2D eigenvalue weighted by Crippen LogP contribution is 2.24. The van der Waals surface area contributed by atoms with Gasteiger partial charge in [-0.05, 0) is 30.0 Å². The molecule has 0 unspecified atom stereocenters. The second-order valence-corrected chi connectivity index (χ2v) is 5.86. The molecule has 2 heterocycles. The Balaban J connectivity index is 1.51. The molecule has 1 amide bonds. The van der Waals surface area contributed by atoms with E-state index < -0.39 is 0 Å². The van der Waals surface area contributed by atoms with Crippen LogP contribution in [0, 0.1) is 0 Å². The first-order valence-corrected chi connectivity index (χ1v) is 7.84. The van der Waals surface area contributed by atoms with E-state index >= 15 is 0 Å². The van der Waals surface area contributed by atoms with Crippen molar-refractivity contribution in [2.75, 3.05) is 18.5 Å². The Hall–Kier alpha value is -1.69. The molecular weight excluding hydrogens is 286 g/mol. The van der Waals surface area contributed by atoms with Gasteiger partial charge in [-0.25, -0.2) is 0 Å². The summed E-state index contributed by atoms with van der Waals surface area (Å²) in [6.07, 6.45) is 1.01. The molecule has 1 aliphatic rings. The van der Waals surface area contributed by atoms with Crippen molar-refractivity contribution in [3.63, 3.8) is 0 Å². The number of carbonyl (C=O) groups is 1. The van der Waals surface area contributed by atoms with Crippen LogP contribution in [-0.2, 0) is 20.7 Å². The van der Waals surface area contributed by atoms with Crippen LogP contribution < -0.4 is 5.32 Å². The fraction of sp³-hybridized carbons (Fsp3) is 0.312. The quantitative estimate of drug-likeness (QED) is 0.921. The molecule has 0 radical (unpaired) electrons. The van der Waals surface area contributed by atoms with Crippen molar-refractivity contribution >= 4 is 22.9 Å². The number of benzene rings is 1. The third-order valence-electron chi connectivity index (χ3n) is 3.27. The number of hydrogen-bond acceptors (Lipinski definition) is 4. The number of anilines is 1. The summed E-state index contributed by atoms with van der Waals surface area (Å²) in [5.41, 5.74) is 1.78. The van der Waals surface area contributed by atoms with Crippen molar-refractivity contribution in [3.05, 3.63) is 52.2 Å². The van der Waals surface area contributed by atoms with E-state index in [4.69, 9.17) is 9.47 Å². The lowest BCUT2D eigenvalue weighted by Gasteiger charge is -2.10. The molecule has 1 fully saturated rings. The summed E-state index contributed by atoms with van der Waals surface area (Å²) in [6, 6.07) is 11.7. The van der Waals surface area contributed by atoms with E-state index in [0.717, 1.165) is 17.7 Å². The number of aryl methyl sites for hydroxylation is 1. The molecule has 1 aromatic heterocycles. The average molecular weight is 303 g/mol. The standard InChI is InChI=1S/C16H17NO3S/c18-15(8-7-14-2-1-11-21-14)17-13-5-3-12(4-6-13)16-19-9-10-20-16/h1-6,11,16H,7-10H2,(H,17,18). The number of nitrogens with one attached hydrogen (secondary N) is 1. The van der Waals surface area contributed by atoms with Crippen LogP contribution in [0.4, 0.5) is 5.69 Å². The van der Waals surface area contributed by atoms with Crippen molar-refractivity contribution in [2.24, 2.45) is 0 Å². The number of ether oxygens (including phenoxy) is 2. The maximum absolute atomic E-state index is 11.9. The van der Waals surface area contributed by atoms with Crippen LogP contribution in [0.2, 0.25) is 0 Å². The van der Waals surface area contributed by atoms with Crippen molar-refractivity contribution < 1.29 is 14.3 Å². The van der Waals surface area contributed by atoms with E-state index in [1.165, 1.54) is 4.88 Å². The minimum atomic E-state index is -0.270. The van der Waals surface area contributed by atoms with Gasteiger partial charge in [0.2, 0.25) is 5.91 Å². The van der Waals surface area contributed by atoms with Gasteiger partial charge in [0.15, 0.2) is 6.29 Å². The van der Waals surface area contributed by atoms with Crippen molar-refractivity contribution in [1.29, 1.82) is 0 Å². The number of amides is 1. The summed E-state index contributed by atoms with van der Waals surface area (Å²) in [6.45, 7) is 1.26. The monoisotopic (exact) mass is 303 g/mol. The van der Waals surface area contributed by atoms with Gasteiger partial charge in [0.05, 0.1) is 13.2 Å². The molecule has 5 heteroatoms. The van der Waals surface area contributed by atoms with Gasteiger partial charge in [-0.15, -0.1) is 11.3 Å². The zero-order valence-electron chi connectivity index (χ0n) is 11.6. The van der Waals surface area contributed by atoms with E-state index in [-0.39, 0.29) is 12.2 Å². The fourth-order valence-corrected chi connectivity index (χ4v) is 2.90. The summed E-state index contributed by atoms with van der Waals surface area (Å²) >= 11 is 1.68. The number of rotatable bonds is 5. The van der Waals surface area contributed by atoms with Gasteiger partial charge in [0.1, 0.15) is 0 Å². The summed E-state index contributed by atoms with van der Waals surface area (Å²) in [7, 11) is 0. The van der Waals surface area contributed by atoms with Crippen LogP contribution in [0.1, 0.15) is 23.2 Å². The predicted octanol–water partition coefficient (Wildman–Crippen LogP) is 3.36. The Morgan fingerprint density at radius 3 is 2.62 bits per heavy atom. The topological polar surface area (TPSA) is 47.6 Å². The van der Waals surface area contributed by atoms with Gasteiger partial charge < -0.3 is 14.8 Å². The van der Waals surface area contributed by atoms with Gasteiger partial charge in [-0.3, -0.25) is 4.79 Å². The lowest BCUT2D eigenvalue weighted by atomic mass is 10.2. The highest BCUT2D eigenvalue weighted by molar-refractivity contribution is 7.09. The van der Waals surface area contributed by atoms with Crippen LogP contribution >= 0.6 is 11.3 Å². The summed E-state index contributed by atoms with van der Waals surface area (Å²) in [5, 5.41) is 4.93. The van der Waals surface area contributed by atoms with E-state index in [2.05, 4.69) is 5.32 Å². The number of thiophene rings is 1. The Morgan fingerprint density at radius 2 is 1.95 bits per heavy atom. The first-order valence-electron chi connectivity index (χ1n) is 6.97. The molecule has 1 N–H and O–H groups in total. The van der Waals surface area contributed by atoms with E-state index in [1.54, 1.807) is 11.3 Å². The highest BCUT2D eigenvalue weighted by Gasteiger charge is 2.17. The third-order valence-corrected chi connectivity index (χ3v) is 4.20. The van der Waals surface area contributed by atoms with Gasteiger partial charge in [0, 0.05) is 22.5 Å². The molecule has 110 valence electrons. The van der Waals surface area contributed by atoms with Crippen LogP contribution in [-0.4, -0.2) is 19.1 Å². The molecule has 0 saturated carbocycles. The molecule has 21 heavy (non-hydrogen) atoms. The number of carbonyl (C=O) groups excluding carboxylic acids is 1. The summed E-state index contributed by atoms with van der Waals surface area (Å²) in [5.74, 6) is 0.0320. The molecule has 4 nitrogen and oxygen atoms in total. The number of hydrogen-bond donors (Lipinski definition) is 1. The summed E-state index contributed by atoms with van der Waals surface area (Å²) < 4.78 is 10.9. The van der Waals surface area contributed by atoms with E-state index in [0.29, 0.717) is 19.6 Å². The predicted molar refractivity (Wildman–Crippen MR) is 82.4 cm³/mol. The van der Waals surface area contributed by atoms with Crippen molar-refractivity contribution in [2.45, 2.75) is 19.1 Å². The molecule has 0 atom stereocenters. The van der Waals surface area contributed by atoms with E-state index in [9.17, 15) is 4.79 Å². The Labute approximate surface area is 127 Å². The largest absolute Gasteiger partial charge is 0.346 e. The lowest BCUT2D eigenvalue weighted by molar-refractivity contribution is -0.116. The second kappa shape index (κ2) is 6.85. The Bertz CT molecular complexity index is 574. The Morgan fingerprint density at radius 1 is 1.19 bits per heavy atom. The molecule has 1 aliphatic heterocycles. The molecule has 0 aliphatic carbocycles. The first kappa shape index (κ1) is 14.3. The zero-order valence-corrected chi connectivity index (χ0v) is 12.4. The maximum Gasteiger partial charge on any atom is 0.224 e. The molecular formula is C16H17NO3S. The van der Waals surface area contributed by atoms with Crippen LogP contribution in [0.3, 0.4) is 0 Å². The van der Waals surface area contributed by atoms with Crippen LogP contribution in [0.15, 0.2) is 41.8 Å². The maximum atomic E-state index is 11.9. The molecule has 0 bridgehead atoms. The van der Waals surface area contributed by atoms with Crippen molar-refractivity contribution in [1.82, 2.24) is 0 Å². The summed E-state index contributed by atoms with van der Waals surface area (Å²) in [4.78, 5) is 13.1. The minimum absolute atomic E-state index is 0.0320. The minimum Gasteiger partial charge on any atom is -0.346 e. The molecule has 2 aromatic rings. The third kappa shape index (κ3) is 3.91. The smallest absolute Gasteiger partial charge is 0.224 e. The molecule has 0 spiro atoms. The normalized spacial score (nSPS) is 15.2. The second-order valence-electron chi connectivity index (χ2n) is 4.82. The average Bonchev–Trinajstić information content (AvgIpc) is 3.19. The van der Waals surface area contributed by atoms with Crippen molar-refractivity contribution in [3.8, 4) is 0 Å². The fourth-order valence-electron chi connectivity index (χ4n) is 2.19. The molecule has 1 saturated heterocycles. The van der Waals surface area contributed by atoms with Crippen LogP contribution in [0.5, 0.6) is 0 Å². The van der Waals surface area contributed by atoms with E-state index in [1.807, 2.05) is 41.8 Å². The SMILES string of the molecule is O=C(CCc1cccs1)Nc1ccc(C2OCCO2)cc1. The van der Waals surface area contributed by atoms with Gasteiger partial charge >= 0.3 is 0 Å². The molecule has 3 rings (SSSR count).